The Hall–Kier alpha value is 0.243. The number of hydrogen-bond donors (Lipinski definition) is 0. The van der Waals surface area contributed by atoms with Crippen LogP contribution in [0.25, 0.3) is 9.36 Å². The van der Waals surface area contributed by atoms with Crippen molar-refractivity contribution in [2.45, 2.75) is 41.5 Å². The molecule has 185 valence electrons. The molecular weight excluding hydrogens is 560 g/mol. The summed E-state index contributed by atoms with van der Waals surface area (Å²) in [5.74, 6) is 0. The summed E-state index contributed by atoms with van der Waals surface area (Å²) in [5.41, 5.74) is 2.46. The van der Waals surface area contributed by atoms with Gasteiger partial charge in [-0.25, -0.2) is 0 Å². The van der Waals surface area contributed by atoms with Crippen LogP contribution in [0.2, 0.25) is 0 Å². The zero-order chi connectivity index (χ0) is 24.6. The van der Waals surface area contributed by atoms with Crippen LogP contribution in [-0.4, -0.2) is 37.0 Å². The van der Waals surface area contributed by atoms with E-state index < -0.39 is 24.3 Å². The number of hydrogen-bond acceptors (Lipinski definition) is 0. The van der Waals surface area contributed by atoms with E-state index in [0.717, 1.165) is 0 Å². The van der Waals surface area contributed by atoms with Crippen LogP contribution in [0.3, 0.4) is 0 Å². The number of benzene rings is 2. The topological polar surface area (TPSA) is 0 Å². The van der Waals surface area contributed by atoms with E-state index in [4.69, 9.17) is 17.0 Å². The Kier molecular flexibility index (Phi) is 11.1. The Labute approximate surface area is 211 Å². The molecule has 0 unspecified atom stereocenters. The SMILES string of the molecule is CC[PH](CC)(CC)[Zr]([Cl])([Cl])([C](=CC=Cc1ccccc1)c1ccccc1)[PH](CC)(CC)CC. The molecular formula is C28H45Cl2P2Zr. The standard InChI is InChI=1S/C16H13.2C6H15P.2ClH.Zr/c1-3-9-15(10-4-1)13-7-8-14-16-11-5-2-6-12-16;2*1-4-7(5-2)6-3;;;/h1-13H;2*4-6H2,1-3H3;2*1H;. The molecule has 0 bridgehead atoms. The molecule has 2 rings (SSSR count). The second-order valence-electron chi connectivity index (χ2n) is 9.41. The number of halogens is 2. The molecule has 0 aliphatic heterocycles. The van der Waals surface area contributed by atoms with Gasteiger partial charge >= 0.3 is 213 Å². The molecule has 0 aliphatic rings. The molecule has 0 atom stereocenters. The average molecular weight is 606 g/mol. The average Bonchev–Trinajstić information content (AvgIpc) is 2.85. The molecule has 0 radical (unpaired) electrons. The van der Waals surface area contributed by atoms with Gasteiger partial charge in [0, 0.05) is 0 Å². The van der Waals surface area contributed by atoms with Crippen LogP contribution < -0.4 is 0 Å². The second-order valence-corrected chi connectivity index (χ2v) is 73.1. The minimum absolute atomic E-state index is 1.18. The summed E-state index contributed by atoms with van der Waals surface area (Å²) in [7, 11) is 17.0. The van der Waals surface area contributed by atoms with Crippen LogP contribution in [0.5, 0.6) is 0 Å². The predicted octanol–water partition coefficient (Wildman–Crippen LogP) is 10.2. The van der Waals surface area contributed by atoms with Gasteiger partial charge in [-0.15, -0.1) is 0 Å². The summed E-state index contributed by atoms with van der Waals surface area (Å²) in [6.45, 7) is 14.3. The van der Waals surface area contributed by atoms with Crippen LogP contribution in [0.15, 0.2) is 72.8 Å². The van der Waals surface area contributed by atoms with Gasteiger partial charge in [0.1, 0.15) is 0 Å². The molecule has 0 N–H and O–H groups in total. The molecule has 0 heterocycles. The van der Waals surface area contributed by atoms with Gasteiger partial charge in [0.05, 0.1) is 0 Å². The first-order chi connectivity index (χ1) is 15.7. The van der Waals surface area contributed by atoms with E-state index in [2.05, 4.69) is 120 Å². The molecule has 0 aromatic heterocycles. The van der Waals surface area contributed by atoms with Crippen molar-refractivity contribution < 1.29 is 15.2 Å². The van der Waals surface area contributed by atoms with E-state index in [1.165, 1.54) is 51.4 Å². The van der Waals surface area contributed by atoms with Gasteiger partial charge < -0.3 is 0 Å². The fraction of sp³-hybridized carbons (Fsp3) is 0.429. The van der Waals surface area contributed by atoms with Crippen LogP contribution in [0.1, 0.15) is 52.7 Å². The zero-order valence-corrected chi connectivity index (χ0v) is 27.5. The monoisotopic (exact) mass is 603 g/mol. The Balaban J connectivity index is 2.98. The molecule has 0 aliphatic carbocycles. The fourth-order valence-corrected chi connectivity index (χ4v) is 134. The van der Waals surface area contributed by atoms with Gasteiger partial charge in [-0.05, 0) is 0 Å². The maximum absolute atomic E-state index is 8.52. The van der Waals surface area contributed by atoms with Gasteiger partial charge in [0.25, 0.3) is 0 Å². The summed E-state index contributed by atoms with van der Waals surface area (Å²) < 4.78 is -2.59. The maximum atomic E-state index is 8.52. The van der Waals surface area contributed by atoms with Crippen molar-refractivity contribution >= 4 is 35.5 Å². The van der Waals surface area contributed by atoms with Crippen molar-refractivity contribution in [1.29, 1.82) is 0 Å². The van der Waals surface area contributed by atoms with Gasteiger partial charge in [0.15, 0.2) is 0 Å². The Morgan fingerprint density at radius 2 is 1.06 bits per heavy atom. The van der Waals surface area contributed by atoms with Crippen LogP contribution in [0, 0.1) is 0 Å². The van der Waals surface area contributed by atoms with E-state index in [1.54, 1.807) is 0 Å². The van der Waals surface area contributed by atoms with Crippen LogP contribution >= 0.6 is 26.1 Å². The van der Waals surface area contributed by atoms with Crippen molar-refractivity contribution in [2.24, 2.45) is 0 Å². The first-order valence-corrected chi connectivity index (χ1v) is 33.0. The number of allylic oxidation sites excluding steroid dienone is 2. The molecule has 0 spiro atoms. The second kappa shape index (κ2) is 12.5. The molecule has 33 heavy (non-hydrogen) atoms. The molecule has 2 aromatic carbocycles. The summed E-state index contributed by atoms with van der Waals surface area (Å²) in [6.07, 6.45) is 13.8. The molecule has 0 saturated carbocycles. The molecule has 0 fully saturated rings. The summed E-state index contributed by atoms with van der Waals surface area (Å²) in [6, 6.07) is 21.4. The summed E-state index contributed by atoms with van der Waals surface area (Å²) in [5, 5.41) is 0. The normalized spacial score (nSPS) is 15.9. The Bertz CT molecular complexity index is 890. The quantitative estimate of drug-likeness (QED) is 0.167. The van der Waals surface area contributed by atoms with Crippen molar-refractivity contribution in [1.82, 2.24) is 0 Å². The van der Waals surface area contributed by atoms with Gasteiger partial charge in [-0.3, -0.25) is 0 Å². The van der Waals surface area contributed by atoms with E-state index in [0.29, 0.717) is 0 Å². The molecule has 5 heteroatoms. The molecule has 0 amide bonds. The third-order valence-electron chi connectivity index (χ3n) is 8.83. The van der Waals surface area contributed by atoms with E-state index in [9.17, 15) is 0 Å². The summed E-state index contributed by atoms with van der Waals surface area (Å²) in [4.78, 5) is 0. The van der Waals surface area contributed by atoms with Crippen molar-refractivity contribution in [3.05, 3.63) is 83.9 Å². The van der Waals surface area contributed by atoms with E-state index >= 15 is 0 Å². The molecule has 0 saturated heterocycles. The van der Waals surface area contributed by atoms with Gasteiger partial charge in [-0.2, -0.15) is 0 Å². The molecule has 2 aromatic rings. The van der Waals surface area contributed by atoms with E-state index in [1.807, 2.05) is 0 Å². The van der Waals surface area contributed by atoms with Gasteiger partial charge in [0.2, 0.25) is 0 Å². The Morgan fingerprint density at radius 3 is 1.45 bits per heavy atom. The van der Waals surface area contributed by atoms with Crippen molar-refractivity contribution in [2.75, 3.05) is 37.0 Å². The van der Waals surface area contributed by atoms with Crippen molar-refractivity contribution in [3.8, 4) is 0 Å². The number of rotatable bonds is 12. The predicted molar refractivity (Wildman–Crippen MR) is 161 cm³/mol. The van der Waals surface area contributed by atoms with E-state index in [-0.39, 0.29) is 0 Å². The zero-order valence-electron chi connectivity index (χ0n) is 21.5. The first kappa shape index (κ1) is 29.5. The fourth-order valence-electron chi connectivity index (χ4n) is 6.43. The van der Waals surface area contributed by atoms with Crippen LogP contribution in [-0.2, 0) is 15.2 Å². The third kappa shape index (κ3) is 5.07. The van der Waals surface area contributed by atoms with Crippen LogP contribution in [0.4, 0.5) is 0 Å². The summed E-state index contributed by atoms with van der Waals surface area (Å²) >= 11 is -4.56. The van der Waals surface area contributed by atoms with Crippen molar-refractivity contribution in [3.63, 3.8) is 0 Å². The minimum atomic E-state index is -4.56. The third-order valence-corrected chi connectivity index (χ3v) is 120. The van der Waals surface area contributed by atoms with Gasteiger partial charge in [-0.1, -0.05) is 0 Å². The first-order valence-electron chi connectivity index (χ1n) is 12.8. The Morgan fingerprint density at radius 1 is 0.667 bits per heavy atom. The molecule has 0 nitrogen and oxygen atoms in total.